The lowest BCUT2D eigenvalue weighted by molar-refractivity contribution is -0.386. The highest BCUT2D eigenvalue weighted by molar-refractivity contribution is 7.98. The van der Waals surface area contributed by atoms with Gasteiger partial charge >= 0.3 is 11.9 Å². The maximum absolute atomic E-state index is 13.8. The van der Waals surface area contributed by atoms with Crippen LogP contribution in [-0.2, 0) is 10.9 Å². The molecule has 2 fully saturated rings. The minimum Gasteiger partial charge on any atom is -0.484 e. The maximum atomic E-state index is 13.8. The number of nitro groups is 1. The van der Waals surface area contributed by atoms with E-state index in [1.165, 1.54) is 29.8 Å². The number of piperazine rings is 1. The Hall–Kier alpha value is -5.58. The fourth-order valence-electron chi connectivity index (χ4n) is 8.13. The first-order valence-corrected chi connectivity index (χ1v) is 21.2. The minimum absolute atomic E-state index is 0.0529. The van der Waals surface area contributed by atoms with Gasteiger partial charge in [-0.3, -0.25) is 24.5 Å². The van der Waals surface area contributed by atoms with Crippen molar-refractivity contribution in [3.63, 3.8) is 0 Å². The summed E-state index contributed by atoms with van der Waals surface area (Å²) in [4.78, 5) is 37.8. The predicted molar refractivity (Wildman–Crippen MR) is 228 cm³/mol. The first-order chi connectivity index (χ1) is 29.3. The van der Waals surface area contributed by atoms with Gasteiger partial charge in [-0.2, -0.15) is 13.2 Å². The van der Waals surface area contributed by atoms with Crippen LogP contribution in [0.1, 0.15) is 67.4 Å². The van der Waals surface area contributed by atoms with Crippen LogP contribution >= 0.6 is 11.9 Å². The highest BCUT2D eigenvalue weighted by Crippen LogP contribution is 2.44. The number of ether oxygens (including phenoxy) is 3. The number of hydrogen-bond acceptors (Lipinski definition) is 10. The molecule has 3 aromatic carbocycles. The molecular formula is C45H47F3N6O6S. The Morgan fingerprint density at radius 3 is 2.59 bits per heavy atom. The second-order valence-electron chi connectivity index (χ2n) is 16.5. The smallest absolute Gasteiger partial charge is 0.416 e. The van der Waals surface area contributed by atoms with Crippen LogP contribution < -0.4 is 19.1 Å². The zero-order chi connectivity index (χ0) is 42.7. The zero-order valence-corrected chi connectivity index (χ0v) is 34.7. The first-order valence-electron chi connectivity index (χ1n) is 20.4. The minimum atomic E-state index is -4.38. The van der Waals surface area contributed by atoms with E-state index >= 15 is 0 Å². The summed E-state index contributed by atoms with van der Waals surface area (Å²) in [7, 11) is 0. The molecule has 320 valence electrons. The summed E-state index contributed by atoms with van der Waals surface area (Å²) < 4.78 is 60.6. The summed E-state index contributed by atoms with van der Waals surface area (Å²) in [5, 5.41) is 12.8. The van der Waals surface area contributed by atoms with E-state index in [9.17, 15) is 28.1 Å². The van der Waals surface area contributed by atoms with Gasteiger partial charge in [-0.15, -0.1) is 0 Å². The summed E-state index contributed by atoms with van der Waals surface area (Å²) in [6.07, 6.45) is 3.36. The summed E-state index contributed by atoms with van der Waals surface area (Å²) >= 11 is 0.951. The molecule has 2 aliphatic heterocycles. The Bertz CT molecular complexity index is 2420. The lowest BCUT2D eigenvalue weighted by Gasteiger charge is -2.39. The number of pyridine rings is 1. The van der Waals surface area contributed by atoms with Crippen molar-refractivity contribution in [2.24, 2.45) is 5.41 Å². The van der Waals surface area contributed by atoms with Gasteiger partial charge in [0.25, 0.3) is 5.91 Å². The van der Waals surface area contributed by atoms with E-state index in [0.29, 0.717) is 41.7 Å². The molecule has 3 aliphatic rings. The number of carbonyl (C=O) groups excluding carboxylic acids is 1. The van der Waals surface area contributed by atoms with E-state index in [-0.39, 0.29) is 35.1 Å². The molecule has 1 unspecified atom stereocenters. The predicted octanol–water partition coefficient (Wildman–Crippen LogP) is 10.1. The van der Waals surface area contributed by atoms with Crippen molar-refractivity contribution < 1.29 is 37.1 Å². The molecule has 1 atom stereocenters. The number of carbonyl (C=O) groups is 1. The van der Waals surface area contributed by atoms with Crippen LogP contribution in [0.4, 0.5) is 24.5 Å². The van der Waals surface area contributed by atoms with Gasteiger partial charge in [0.15, 0.2) is 5.75 Å². The van der Waals surface area contributed by atoms with E-state index in [2.05, 4.69) is 38.3 Å². The number of aromatic amines is 1. The molecule has 2 saturated heterocycles. The van der Waals surface area contributed by atoms with Crippen molar-refractivity contribution >= 4 is 45.8 Å². The SMILES string of the molecule is CC1(C)CCC(CN2CCN(c3ccc(C(=O)NSc4ccc(OCC5CCCO5)c([N+](=O)[O-])c4)c(Oc4cnc5[nH]ccc5c4)c3)CC2)=C(c2ccc(C(F)(F)F)cc2)C1. The van der Waals surface area contributed by atoms with Gasteiger partial charge in [0.05, 0.1) is 28.4 Å². The van der Waals surface area contributed by atoms with Crippen molar-refractivity contribution in [2.75, 3.05) is 50.8 Å². The Kier molecular flexibility index (Phi) is 12.3. The molecule has 0 bridgehead atoms. The first kappa shape index (κ1) is 42.1. The van der Waals surface area contributed by atoms with Crippen molar-refractivity contribution in [2.45, 2.75) is 63.1 Å². The Labute approximate surface area is 355 Å². The van der Waals surface area contributed by atoms with Crippen LogP contribution in [0.2, 0.25) is 0 Å². The van der Waals surface area contributed by atoms with Gasteiger partial charge in [0.2, 0.25) is 0 Å². The van der Waals surface area contributed by atoms with E-state index in [1.54, 1.807) is 36.7 Å². The Balaban J connectivity index is 0.970. The van der Waals surface area contributed by atoms with Crippen molar-refractivity contribution in [3.8, 4) is 17.2 Å². The molecule has 5 aromatic rings. The molecule has 8 rings (SSSR count). The lowest BCUT2D eigenvalue weighted by atomic mass is 9.72. The summed E-state index contributed by atoms with van der Waals surface area (Å²) in [6, 6.07) is 19.3. The number of alkyl halides is 3. The molecule has 0 saturated carbocycles. The van der Waals surface area contributed by atoms with E-state index in [4.69, 9.17) is 14.2 Å². The van der Waals surface area contributed by atoms with E-state index in [1.807, 2.05) is 24.3 Å². The van der Waals surface area contributed by atoms with E-state index in [0.717, 1.165) is 85.9 Å². The lowest BCUT2D eigenvalue weighted by Crippen LogP contribution is -2.47. The number of nitrogens with zero attached hydrogens (tertiary/aromatic N) is 4. The molecule has 12 nitrogen and oxygen atoms in total. The number of allylic oxidation sites excluding steroid dienone is 1. The molecule has 0 spiro atoms. The van der Waals surface area contributed by atoms with Gasteiger partial charge in [0.1, 0.15) is 23.8 Å². The number of nitro benzene ring substituents is 1. The Morgan fingerprint density at radius 2 is 1.85 bits per heavy atom. The molecule has 1 aliphatic carbocycles. The van der Waals surface area contributed by atoms with Crippen LogP contribution in [0.3, 0.4) is 0 Å². The summed E-state index contributed by atoms with van der Waals surface area (Å²) in [6.45, 7) is 8.98. The van der Waals surface area contributed by atoms with Gasteiger partial charge < -0.3 is 24.1 Å². The third-order valence-corrected chi connectivity index (χ3v) is 12.3. The monoisotopic (exact) mass is 856 g/mol. The number of hydrogen-bond donors (Lipinski definition) is 2. The molecule has 2 N–H and O–H groups in total. The highest BCUT2D eigenvalue weighted by atomic mass is 32.2. The third-order valence-electron chi connectivity index (χ3n) is 11.5. The fraction of sp³-hybridized carbons (Fsp3) is 0.378. The largest absolute Gasteiger partial charge is 0.484 e. The van der Waals surface area contributed by atoms with Gasteiger partial charge in [-0.25, -0.2) is 4.98 Å². The second-order valence-corrected chi connectivity index (χ2v) is 17.4. The van der Waals surface area contributed by atoms with Crippen LogP contribution in [-0.4, -0.2) is 77.7 Å². The normalized spacial score (nSPS) is 18.4. The van der Waals surface area contributed by atoms with Crippen LogP contribution in [0.5, 0.6) is 17.2 Å². The van der Waals surface area contributed by atoms with Gasteiger partial charge in [0, 0.05) is 73.6 Å². The average molecular weight is 857 g/mol. The fourth-order valence-corrected chi connectivity index (χ4v) is 8.76. The van der Waals surface area contributed by atoms with Gasteiger partial charge in [-0.1, -0.05) is 31.6 Å². The number of amides is 1. The molecule has 1 amide bonds. The number of anilines is 1. The quantitative estimate of drug-likeness (QED) is 0.0669. The van der Waals surface area contributed by atoms with Crippen LogP contribution in [0.15, 0.2) is 95.7 Å². The second kappa shape index (κ2) is 17.8. The molecular weight excluding hydrogens is 810 g/mol. The summed E-state index contributed by atoms with van der Waals surface area (Å²) in [5.41, 5.74) is 4.30. The average Bonchev–Trinajstić information content (AvgIpc) is 3.95. The van der Waals surface area contributed by atoms with E-state index < -0.39 is 22.6 Å². The number of aromatic nitrogens is 2. The van der Waals surface area contributed by atoms with Crippen molar-refractivity contribution in [1.82, 2.24) is 19.6 Å². The van der Waals surface area contributed by atoms with Gasteiger partial charge in [-0.05, 0) is 109 Å². The maximum Gasteiger partial charge on any atom is 0.416 e. The van der Waals surface area contributed by atoms with Crippen molar-refractivity contribution in [3.05, 3.63) is 118 Å². The number of fused-ring (bicyclic) bond motifs is 1. The summed E-state index contributed by atoms with van der Waals surface area (Å²) in [5.74, 6) is 0.433. The Morgan fingerprint density at radius 1 is 1.05 bits per heavy atom. The number of H-pyrrole nitrogens is 1. The van der Waals surface area contributed by atoms with Crippen LogP contribution in [0.25, 0.3) is 16.6 Å². The molecule has 16 heteroatoms. The zero-order valence-electron chi connectivity index (χ0n) is 33.9. The standard InChI is InChI=1S/C45H47F3N6O6S/c1-44(2)15-13-31(38(25-44)29-5-7-32(8-6-29)45(46,47)48)27-52-17-19-53(20-18-52)33-9-11-37(41(23-33)60-35-22-30-14-16-49-42(30)50-26-35)43(55)51-61-36-10-12-40(39(24-36)54(56)57)59-28-34-4-3-21-58-34/h5-12,14,16,22-24,26,34H,3-4,13,15,17-21,25,27-28H2,1-2H3,(H,49,50)(H,51,55). The van der Waals surface area contributed by atoms with Crippen molar-refractivity contribution in [1.29, 1.82) is 0 Å². The molecule has 4 heterocycles. The molecule has 2 aromatic heterocycles. The number of benzene rings is 3. The number of halogens is 3. The van der Waals surface area contributed by atoms with Crippen LogP contribution in [0, 0.1) is 15.5 Å². The number of nitrogens with one attached hydrogen (secondary N) is 2. The third kappa shape index (κ3) is 10.1. The highest BCUT2D eigenvalue weighted by Gasteiger charge is 2.32. The molecule has 61 heavy (non-hydrogen) atoms. The topological polar surface area (TPSA) is 135 Å². The molecule has 0 radical (unpaired) electrons. The number of rotatable bonds is 13.